The van der Waals surface area contributed by atoms with Crippen molar-refractivity contribution in [1.29, 1.82) is 0 Å². The van der Waals surface area contributed by atoms with Gasteiger partial charge in [0.25, 0.3) is 0 Å². The van der Waals surface area contributed by atoms with Gasteiger partial charge in [-0.1, -0.05) is 6.92 Å². The summed E-state index contributed by atoms with van der Waals surface area (Å²) in [5, 5.41) is 14.2. The summed E-state index contributed by atoms with van der Waals surface area (Å²) < 4.78 is 20.9. The lowest BCUT2D eigenvalue weighted by Crippen LogP contribution is -2.07. The summed E-state index contributed by atoms with van der Waals surface area (Å²) in [5.41, 5.74) is 2.44. The van der Waals surface area contributed by atoms with Gasteiger partial charge in [-0.15, -0.1) is 0 Å². The third-order valence-corrected chi connectivity index (χ3v) is 3.37. The van der Waals surface area contributed by atoms with Crippen LogP contribution in [-0.4, -0.2) is 14.9 Å². The average Bonchev–Trinajstić information content (AvgIpc) is 2.88. The minimum atomic E-state index is -0.780. The largest absolute Gasteiger partial charge is 0.487 e. The van der Waals surface area contributed by atoms with E-state index in [1.165, 1.54) is 12.1 Å². The molecule has 2 aromatic rings. The maximum atomic E-state index is 13.3. The number of halogens is 1. The summed E-state index contributed by atoms with van der Waals surface area (Å²) >= 11 is 0. The van der Waals surface area contributed by atoms with Crippen LogP contribution in [-0.2, 0) is 19.6 Å². The molecule has 0 aliphatic rings. The first-order chi connectivity index (χ1) is 10.0. The number of hydrogen-bond acceptors (Lipinski definition) is 3. The summed E-state index contributed by atoms with van der Waals surface area (Å²) in [5.74, 6) is 0.110. The molecule has 0 bridgehead atoms. The van der Waals surface area contributed by atoms with Crippen molar-refractivity contribution in [2.45, 2.75) is 46.4 Å². The van der Waals surface area contributed by atoms with Crippen LogP contribution in [0.5, 0.6) is 5.75 Å². The number of aliphatic hydroxyl groups is 1. The zero-order valence-electron chi connectivity index (χ0n) is 12.6. The first-order valence-electron chi connectivity index (χ1n) is 7.21. The minimum Gasteiger partial charge on any atom is -0.487 e. The summed E-state index contributed by atoms with van der Waals surface area (Å²) in [6.07, 6.45) is 0.0909. The molecule has 4 nitrogen and oxygen atoms in total. The topological polar surface area (TPSA) is 47.3 Å². The molecule has 0 spiro atoms. The molecule has 0 saturated carbocycles. The minimum absolute atomic E-state index is 0.339. The van der Waals surface area contributed by atoms with Crippen LogP contribution in [0.4, 0.5) is 4.39 Å². The predicted molar refractivity (Wildman–Crippen MR) is 78.6 cm³/mol. The van der Waals surface area contributed by atoms with Crippen LogP contribution >= 0.6 is 0 Å². The standard InChI is InChI=1S/C16H21FN2O2/c1-4-13-9-14(19(5-2)18-13)10-21-16-7-6-12(17)8-15(16)11(3)20/h6-9,11,20H,4-5,10H2,1-3H3/t11-/m1/s1. The lowest BCUT2D eigenvalue weighted by Gasteiger charge is -2.14. The smallest absolute Gasteiger partial charge is 0.130 e. The fourth-order valence-electron chi connectivity index (χ4n) is 2.21. The SMILES string of the molecule is CCc1cc(COc2ccc(F)cc2[C@@H](C)O)n(CC)n1. The summed E-state index contributed by atoms with van der Waals surface area (Å²) in [6, 6.07) is 6.18. The van der Waals surface area contributed by atoms with Crippen molar-refractivity contribution in [3.05, 3.63) is 47.0 Å². The Morgan fingerprint density at radius 2 is 2.10 bits per heavy atom. The molecule has 1 atom stereocenters. The Hall–Kier alpha value is -1.88. The molecular formula is C16H21FN2O2. The molecule has 114 valence electrons. The summed E-state index contributed by atoms with van der Waals surface area (Å²) in [7, 11) is 0. The molecule has 0 unspecified atom stereocenters. The number of aliphatic hydroxyl groups excluding tert-OH is 1. The molecule has 0 amide bonds. The highest BCUT2D eigenvalue weighted by molar-refractivity contribution is 5.35. The molecule has 1 N–H and O–H groups in total. The number of nitrogens with zero attached hydrogens (tertiary/aromatic N) is 2. The van der Waals surface area contributed by atoms with Gasteiger partial charge in [0, 0.05) is 12.1 Å². The van der Waals surface area contributed by atoms with Gasteiger partial charge in [-0.05, 0) is 44.5 Å². The molecule has 0 radical (unpaired) electrons. The Labute approximate surface area is 124 Å². The average molecular weight is 292 g/mol. The second kappa shape index (κ2) is 6.72. The Bertz CT molecular complexity index is 608. The Morgan fingerprint density at radius 3 is 2.71 bits per heavy atom. The van der Waals surface area contributed by atoms with Crippen LogP contribution in [0.1, 0.15) is 43.8 Å². The summed E-state index contributed by atoms with van der Waals surface area (Å²) in [6.45, 7) is 6.78. The molecule has 21 heavy (non-hydrogen) atoms. The molecule has 0 aliphatic heterocycles. The Kier molecular flexibility index (Phi) is 4.96. The van der Waals surface area contributed by atoms with Crippen molar-refractivity contribution in [3.63, 3.8) is 0 Å². The highest BCUT2D eigenvalue weighted by Gasteiger charge is 2.12. The van der Waals surface area contributed by atoms with Gasteiger partial charge >= 0.3 is 0 Å². The summed E-state index contributed by atoms with van der Waals surface area (Å²) in [4.78, 5) is 0. The fourth-order valence-corrected chi connectivity index (χ4v) is 2.21. The molecule has 0 saturated heterocycles. The van der Waals surface area contributed by atoms with Crippen molar-refractivity contribution in [3.8, 4) is 5.75 Å². The molecule has 5 heteroatoms. The molecule has 0 fully saturated rings. The Morgan fingerprint density at radius 1 is 1.33 bits per heavy atom. The van der Waals surface area contributed by atoms with Crippen LogP contribution in [0.3, 0.4) is 0 Å². The predicted octanol–water partition coefficient (Wildman–Crippen LogP) is 3.24. The van der Waals surface area contributed by atoms with E-state index in [2.05, 4.69) is 12.0 Å². The van der Waals surface area contributed by atoms with Crippen molar-refractivity contribution in [1.82, 2.24) is 9.78 Å². The third kappa shape index (κ3) is 3.61. The molecule has 1 aromatic heterocycles. The molecule has 0 aliphatic carbocycles. The van der Waals surface area contributed by atoms with Gasteiger partial charge in [0.2, 0.25) is 0 Å². The second-order valence-corrected chi connectivity index (χ2v) is 4.94. The number of hydrogen-bond donors (Lipinski definition) is 1. The van der Waals surface area contributed by atoms with E-state index < -0.39 is 6.10 Å². The molecule has 1 aromatic carbocycles. The molecule has 2 rings (SSSR count). The van der Waals surface area contributed by atoms with Gasteiger partial charge in [0.15, 0.2) is 0 Å². The van der Waals surface area contributed by atoms with E-state index in [0.717, 1.165) is 24.4 Å². The number of benzene rings is 1. The Balaban J connectivity index is 2.18. The normalized spacial score (nSPS) is 12.4. The number of ether oxygens (including phenoxy) is 1. The molecular weight excluding hydrogens is 271 g/mol. The monoisotopic (exact) mass is 292 g/mol. The third-order valence-electron chi connectivity index (χ3n) is 3.37. The maximum Gasteiger partial charge on any atom is 0.130 e. The fraction of sp³-hybridized carbons (Fsp3) is 0.438. The number of rotatable bonds is 6. The van der Waals surface area contributed by atoms with Gasteiger partial charge in [-0.3, -0.25) is 4.68 Å². The van der Waals surface area contributed by atoms with Crippen molar-refractivity contribution in [2.75, 3.05) is 0 Å². The zero-order chi connectivity index (χ0) is 15.4. The highest BCUT2D eigenvalue weighted by Crippen LogP contribution is 2.26. The van der Waals surface area contributed by atoms with E-state index in [-0.39, 0.29) is 5.82 Å². The molecule has 1 heterocycles. The zero-order valence-corrected chi connectivity index (χ0v) is 12.6. The van der Waals surface area contributed by atoms with E-state index in [9.17, 15) is 9.50 Å². The van der Waals surface area contributed by atoms with Gasteiger partial charge in [-0.2, -0.15) is 5.10 Å². The van der Waals surface area contributed by atoms with Gasteiger partial charge in [-0.25, -0.2) is 4.39 Å². The number of aryl methyl sites for hydroxylation is 2. The van der Waals surface area contributed by atoms with Gasteiger partial charge in [0.1, 0.15) is 18.2 Å². The van der Waals surface area contributed by atoms with E-state index in [0.29, 0.717) is 17.9 Å². The van der Waals surface area contributed by atoms with Crippen molar-refractivity contribution >= 4 is 0 Å². The van der Waals surface area contributed by atoms with E-state index in [1.54, 1.807) is 13.0 Å². The van der Waals surface area contributed by atoms with Crippen LogP contribution in [0.15, 0.2) is 24.3 Å². The van der Waals surface area contributed by atoms with Crippen molar-refractivity contribution < 1.29 is 14.2 Å². The quantitative estimate of drug-likeness (QED) is 0.889. The first kappa shape index (κ1) is 15.5. The van der Waals surface area contributed by atoms with Crippen LogP contribution in [0, 0.1) is 5.82 Å². The number of aromatic nitrogens is 2. The van der Waals surface area contributed by atoms with Crippen LogP contribution < -0.4 is 4.74 Å². The second-order valence-electron chi connectivity index (χ2n) is 4.94. The van der Waals surface area contributed by atoms with Gasteiger partial charge < -0.3 is 9.84 Å². The van der Waals surface area contributed by atoms with E-state index >= 15 is 0 Å². The highest BCUT2D eigenvalue weighted by atomic mass is 19.1. The maximum absolute atomic E-state index is 13.3. The first-order valence-corrected chi connectivity index (χ1v) is 7.21. The van der Waals surface area contributed by atoms with Crippen LogP contribution in [0.25, 0.3) is 0 Å². The lowest BCUT2D eigenvalue weighted by molar-refractivity contribution is 0.188. The lowest BCUT2D eigenvalue weighted by atomic mass is 10.1. The van der Waals surface area contributed by atoms with E-state index in [1.807, 2.05) is 17.7 Å². The van der Waals surface area contributed by atoms with Crippen molar-refractivity contribution in [2.24, 2.45) is 0 Å². The van der Waals surface area contributed by atoms with Crippen LogP contribution in [0.2, 0.25) is 0 Å². The van der Waals surface area contributed by atoms with E-state index in [4.69, 9.17) is 4.74 Å². The van der Waals surface area contributed by atoms with Gasteiger partial charge in [0.05, 0.1) is 17.5 Å².